The summed E-state index contributed by atoms with van der Waals surface area (Å²) in [5.74, 6) is 1.09. The highest BCUT2D eigenvalue weighted by molar-refractivity contribution is 7.20. The summed E-state index contributed by atoms with van der Waals surface area (Å²) in [6.07, 6.45) is 0. The Morgan fingerprint density at radius 1 is 1.45 bits per heavy atom. The van der Waals surface area contributed by atoms with Crippen LogP contribution in [0.3, 0.4) is 0 Å². The number of ether oxygens (including phenoxy) is 1. The minimum Gasteiger partial charge on any atom is -0.497 e. The lowest BCUT2D eigenvalue weighted by molar-refractivity contribution is 0.415. The Kier molecular flexibility index (Phi) is 2.80. The van der Waals surface area contributed by atoms with E-state index in [0.29, 0.717) is 22.2 Å². The summed E-state index contributed by atoms with van der Waals surface area (Å²) in [7, 11) is 1.62. The lowest BCUT2D eigenvalue weighted by Crippen LogP contribution is -2.01. The van der Waals surface area contributed by atoms with E-state index >= 15 is 0 Å². The minimum absolute atomic E-state index is 0.316. The number of nitrogen functional groups attached to an aromatic ring is 1. The van der Waals surface area contributed by atoms with Crippen molar-refractivity contribution in [1.82, 2.24) is 14.8 Å². The first-order valence-electron chi connectivity index (χ1n) is 5.84. The molecule has 2 aromatic heterocycles. The van der Waals surface area contributed by atoms with Gasteiger partial charge in [0.15, 0.2) is 0 Å². The van der Waals surface area contributed by atoms with Gasteiger partial charge in [0.2, 0.25) is 5.13 Å². The highest BCUT2D eigenvalue weighted by Gasteiger charge is 2.16. The number of thiazole rings is 1. The van der Waals surface area contributed by atoms with Crippen molar-refractivity contribution in [2.24, 2.45) is 0 Å². The van der Waals surface area contributed by atoms with E-state index in [-0.39, 0.29) is 0 Å². The van der Waals surface area contributed by atoms with E-state index in [9.17, 15) is 0 Å². The molecule has 2 heterocycles. The first-order chi connectivity index (χ1) is 9.63. The quantitative estimate of drug-likeness (QED) is 0.780. The molecule has 3 aromatic rings. The molecule has 0 unspecified atom stereocenters. The second-order valence-corrected chi connectivity index (χ2v) is 5.21. The highest BCUT2D eigenvalue weighted by atomic mass is 32.1. The topological polar surface area (TPSA) is 89.8 Å². The van der Waals surface area contributed by atoms with Crippen molar-refractivity contribution in [3.63, 3.8) is 0 Å². The predicted octanol–water partition coefficient (Wildman–Crippen LogP) is 2.25. The number of nitriles is 1. The summed E-state index contributed by atoms with van der Waals surface area (Å²) in [6, 6.07) is 7.70. The Morgan fingerprint density at radius 2 is 2.25 bits per heavy atom. The third-order valence-corrected chi connectivity index (χ3v) is 3.97. The molecule has 0 bridgehead atoms. The van der Waals surface area contributed by atoms with Crippen LogP contribution in [0.2, 0.25) is 0 Å². The zero-order valence-corrected chi connectivity index (χ0v) is 11.7. The maximum Gasteiger partial charge on any atom is 0.213 e. The second-order valence-electron chi connectivity index (χ2n) is 4.20. The Balaban J connectivity index is 2.18. The van der Waals surface area contributed by atoms with Crippen molar-refractivity contribution in [2.75, 3.05) is 12.8 Å². The van der Waals surface area contributed by atoms with Crippen molar-refractivity contribution in [3.05, 3.63) is 29.5 Å². The largest absolute Gasteiger partial charge is 0.497 e. The molecule has 0 aliphatic rings. The number of rotatable bonds is 2. The molecular formula is C13H11N5OS. The van der Waals surface area contributed by atoms with Crippen molar-refractivity contribution in [1.29, 1.82) is 5.26 Å². The summed E-state index contributed by atoms with van der Waals surface area (Å²) < 4.78 is 7.67. The van der Waals surface area contributed by atoms with Gasteiger partial charge in [0, 0.05) is 0 Å². The summed E-state index contributed by atoms with van der Waals surface area (Å²) in [5, 5.41) is 14.0. The van der Waals surface area contributed by atoms with Crippen LogP contribution in [0.25, 0.3) is 15.3 Å². The maximum atomic E-state index is 9.05. The number of hydrogen-bond acceptors (Lipinski definition) is 6. The van der Waals surface area contributed by atoms with Gasteiger partial charge in [-0.25, -0.2) is 4.98 Å². The first kappa shape index (κ1) is 12.4. The fourth-order valence-electron chi connectivity index (χ4n) is 1.94. The van der Waals surface area contributed by atoms with E-state index in [1.54, 1.807) is 14.0 Å². The zero-order valence-electron chi connectivity index (χ0n) is 10.9. The number of hydrogen-bond donors (Lipinski definition) is 1. The van der Waals surface area contributed by atoms with Gasteiger partial charge in [-0.3, -0.25) is 0 Å². The van der Waals surface area contributed by atoms with Gasteiger partial charge in [-0.05, 0) is 25.1 Å². The van der Waals surface area contributed by atoms with Gasteiger partial charge in [-0.15, -0.1) is 0 Å². The number of aryl methyl sites for hydroxylation is 1. The molecular weight excluding hydrogens is 274 g/mol. The molecule has 0 saturated carbocycles. The average molecular weight is 285 g/mol. The number of methoxy groups -OCH3 is 1. The van der Waals surface area contributed by atoms with Crippen LogP contribution < -0.4 is 10.5 Å². The number of benzene rings is 1. The summed E-state index contributed by atoms with van der Waals surface area (Å²) in [4.78, 5) is 4.48. The van der Waals surface area contributed by atoms with Gasteiger partial charge in [0.05, 0.1) is 23.0 Å². The van der Waals surface area contributed by atoms with E-state index in [1.807, 2.05) is 18.2 Å². The molecule has 0 saturated heterocycles. The molecule has 7 heteroatoms. The molecule has 100 valence electrons. The molecule has 0 aliphatic carbocycles. The molecule has 0 spiro atoms. The van der Waals surface area contributed by atoms with Gasteiger partial charge in [-0.1, -0.05) is 11.3 Å². The van der Waals surface area contributed by atoms with Gasteiger partial charge >= 0.3 is 0 Å². The molecule has 3 rings (SSSR count). The molecule has 0 atom stereocenters. The number of fused-ring (bicyclic) bond motifs is 1. The van der Waals surface area contributed by atoms with E-state index in [0.717, 1.165) is 16.0 Å². The van der Waals surface area contributed by atoms with Crippen LogP contribution in [0.5, 0.6) is 5.75 Å². The van der Waals surface area contributed by atoms with Crippen LogP contribution in [0.4, 0.5) is 5.82 Å². The number of nitrogens with two attached hydrogens (primary N) is 1. The maximum absolute atomic E-state index is 9.05. The van der Waals surface area contributed by atoms with E-state index in [1.165, 1.54) is 16.0 Å². The lowest BCUT2D eigenvalue weighted by Gasteiger charge is -1.96. The first-order valence-corrected chi connectivity index (χ1v) is 6.66. The van der Waals surface area contributed by atoms with E-state index in [4.69, 9.17) is 15.7 Å². The smallest absolute Gasteiger partial charge is 0.213 e. The Labute approximate surface area is 119 Å². The predicted molar refractivity (Wildman–Crippen MR) is 77.2 cm³/mol. The zero-order chi connectivity index (χ0) is 14.3. The lowest BCUT2D eigenvalue weighted by atomic mass is 10.3. The Hall–Kier alpha value is -2.59. The molecule has 0 radical (unpaired) electrons. The van der Waals surface area contributed by atoms with Crippen molar-refractivity contribution in [2.45, 2.75) is 6.92 Å². The van der Waals surface area contributed by atoms with Gasteiger partial charge in [0.1, 0.15) is 23.2 Å². The molecule has 1 aromatic carbocycles. The molecule has 2 N–H and O–H groups in total. The summed E-state index contributed by atoms with van der Waals surface area (Å²) in [6.45, 7) is 1.75. The average Bonchev–Trinajstić information content (AvgIpc) is 2.98. The summed E-state index contributed by atoms with van der Waals surface area (Å²) in [5.41, 5.74) is 7.78. The van der Waals surface area contributed by atoms with Crippen LogP contribution in [-0.4, -0.2) is 21.9 Å². The minimum atomic E-state index is 0.316. The Morgan fingerprint density at radius 3 is 2.90 bits per heavy atom. The number of aromatic nitrogens is 3. The third-order valence-electron chi connectivity index (χ3n) is 2.97. The van der Waals surface area contributed by atoms with Crippen LogP contribution >= 0.6 is 11.3 Å². The van der Waals surface area contributed by atoms with Crippen LogP contribution in [0, 0.1) is 18.3 Å². The van der Waals surface area contributed by atoms with Crippen LogP contribution in [0.15, 0.2) is 18.2 Å². The molecule has 0 aliphatic heterocycles. The fourth-order valence-corrected chi connectivity index (χ4v) is 2.90. The monoisotopic (exact) mass is 285 g/mol. The van der Waals surface area contributed by atoms with E-state index in [2.05, 4.69) is 16.2 Å². The number of nitrogens with zero attached hydrogens (tertiary/aromatic N) is 4. The van der Waals surface area contributed by atoms with Gasteiger partial charge < -0.3 is 10.5 Å². The van der Waals surface area contributed by atoms with Crippen LogP contribution in [0.1, 0.15) is 11.3 Å². The van der Waals surface area contributed by atoms with Crippen molar-refractivity contribution >= 4 is 27.4 Å². The van der Waals surface area contributed by atoms with Crippen molar-refractivity contribution in [3.8, 4) is 17.0 Å². The molecule has 0 amide bonds. The SMILES string of the molecule is COc1ccc2nc(-n3nc(C)c(C#N)c3N)sc2c1. The Bertz CT molecular complexity index is 842. The highest BCUT2D eigenvalue weighted by Crippen LogP contribution is 2.30. The molecule has 0 fully saturated rings. The molecule has 6 nitrogen and oxygen atoms in total. The van der Waals surface area contributed by atoms with E-state index < -0.39 is 0 Å². The normalized spacial score (nSPS) is 10.7. The fraction of sp³-hybridized carbons (Fsp3) is 0.154. The number of anilines is 1. The van der Waals surface area contributed by atoms with Gasteiger partial charge in [0.25, 0.3) is 0 Å². The van der Waals surface area contributed by atoms with Crippen molar-refractivity contribution < 1.29 is 4.74 Å². The third kappa shape index (κ3) is 1.78. The standard InChI is InChI=1S/C13H11N5OS/c1-7-9(6-14)12(15)18(17-7)13-16-10-4-3-8(19-2)5-11(10)20-13/h3-5H,15H2,1-2H3. The van der Waals surface area contributed by atoms with Crippen LogP contribution in [-0.2, 0) is 0 Å². The van der Waals surface area contributed by atoms with Gasteiger partial charge in [-0.2, -0.15) is 15.0 Å². The second kappa shape index (κ2) is 4.51. The molecule has 20 heavy (non-hydrogen) atoms. The summed E-state index contributed by atoms with van der Waals surface area (Å²) >= 11 is 1.45.